The molecule has 2 aromatic carbocycles. The minimum Gasteiger partial charge on any atom is -0.0985 e. The minimum atomic E-state index is 0.247. The van der Waals surface area contributed by atoms with Gasteiger partial charge in [0.2, 0.25) is 0 Å². The Kier molecular flexibility index (Phi) is 18.1. The summed E-state index contributed by atoms with van der Waals surface area (Å²) < 4.78 is 0. The molecule has 0 N–H and O–H groups in total. The number of benzene rings is 2. The Labute approximate surface area is 182 Å². The Morgan fingerprint density at radius 1 is 0.793 bits per heavy atom. The smallest absolute Gasteiger partial charge is 0.0200 e. The molecule has 162 valence electrons. The van der Waals surface area contributed by atoms with E-state index in [1.54, 1.807) is 0 Å². The van der Waals surface area contributed by atoms with E-state index in [1.165, 1.54) is 36.0 Å². The number of allylic oxidation sites excluding steroid dienone is 1. The third-order valence-electron chi connectivity index (χ3n) is 3.61. The summed E-state index contributed by atoms with van der Waals surface area (Å²) in [6.07, 6.45) is 9.93. The van der Waals surface area contributed by atoms with E-state index >= 15 is 0 Å². The number of hydrogen-bond donors (Lipinski definition) is 0. The van der Waals surface area contributed by atoms with Gasteiger partial charge in [-0.15, -0.1) is 0 Å². The van der Waals surface area contributed by atoms with Crippen molar-refractivity contribution in [3.05, 3.63) is 83.4 Å². The van der Waals surface area contributed by atoms with Gasteiger partial charge in [-0.05, 0) is 35.4 Å². The van der Waals surface area contributed by atoms with E-state index in [-0.39, 0.29) is 5.41 Å². The first kappa shape index (κ1) is 29.1. The first-order chi connectivity index (χ1) is 13.8. The van der Waals surface area contributed by atoms with Gasteiger partial charge in [0.25, 0.3) is 0 Å². The van der Waals surface area contributed by atoms with Crippen molar-refractivity contribution in [2.45, 2.75) is 81.6 Å². The van der Waals surface area contributed by atoms with E-state index in [2.05, 4.69) is 116 Å². The fraction of sp³-hybridized carbons (Fsp3) is 0.448. The molecule has 0 saturated carbocycles. The predicted molar refractivity (Wildman–Crippen MR) is 138 cm³/mol. The Morgan fingerprint density at radius 3 is 1.62 bits per heavy atom. The lowest BCUT2D eigenvalue weighted by Crippen LogP contribution is -1.97. The zero-order chi connectivity index (χ0) is 22.7. The summed E-state index contributed by atoms with van der Waals surface area (Å²) in [5.41, 5.74) is 5.45. The van der Waals surface area contributed by atoms with E-state index in [9.17, 15) is 0 Å². The van der Waals surface area contributed by atoms with Gasteiger partial charge in [0.05, 0.1) is 0 Å². The lowest BCUT2D eigenvalue weighted by atomic mass is 9.95. The van der Waals surface area contributed by atoms with Gasteiger partial charge in [0.1, 0.15) is 0 Å². The van der Waals surface area contributed by atoms with Crippen LogP contribution >= 0.6 is 0 Å². The third-order valence-corrected chi connectivity index (χ3v) is 3.61. The van der Waals surface area contributed by atoms with Crippen LogP contribution in [-0.2, 0) is 6.42 Å². The number of hydrogen-bond acceptors (Lipinski definition) is 0. The maximum absolute atomic E-state index is 3.73. The lowest BCUT2D eigenvalue weighted by Gasteiger charge is -2.10. The van der Waals surface area contributed by atoms with E-state index in [0.717, 1.165) is 5.56 Å². The van der Waals surface area contributed by atoms with Crippen LogP contribution in [0.15, 0.2) is 61.2 Å². The van der Waals surface area contributed by atoms with Crippen molar-refractivity contribution in [1.82, 2.24) is 0 Å². The van der Waals surface area contributed by atoms with Gasteiger partial charge in [-0.25, -0.2) is 0 Å². The Bertz CT molecular complexity index is 634. The van der Waals surface area contributed by atoms with Crippen LogP contribution in [0.1, 0.15) is 90.5 Å². The molecule has 0 heteroatoms. The Balaban J connectivity index is 0. The summed E-state index contributed by atoms with van der Waals surface area (Å²) in [4.78, 5) is 0. The van der Waals surface area contributed by atoms with Crippen LogP contribution in [-0.4, -0.2) is 0 Å². The quantitative estimate of drug-likeness (QED) is 0.484. The SMILES string of the molecule is C=Cc1ccc(/C=C/C(C)(C)C)cc1.CC.CCC.CCCc1ccc(C)cc1. The Hall–Kier alpha value is -2.08. The largest absolute Gasteiger partial charge is 0.0985 e. The second-order valence-corrected chi connectivity index (χ2v) is 8.01. The van der Waals surface area contributed by atoms with Crippen molar-refractivity contribution in [3.63, 3.8) is 0 Å². The maximum atomic E-state index is 3.73. The van der Waals surface area contributed by atoms with Crippen LogP contribution in [0.4, 0.5) is 0 Å². The summed E-state index contributed by atoms with van der Waals surface area (Å²) in [5, 5.41) is 0. The van der Waals surface area contributed by atoms with E-state index in [0.29, 0.717) is 0 Å². The molecule has 0 saturated heterocycles. The molecule has 2 rings (SSSR count). The van der Waals surface area contributed by atoms with Crippen molar-refractivity contribution < 1.29 is 0 Å². The van der Waals surface area contributed by atoms with E-state index in [4.69, 9.17) is 0 Å². The molecule has 0 spiro atoms. The highest BCUT2D eigenvalue weighted by Gasteiger charge is 2.02. The van der Waals surface area contributed by atoms with Crippen molar-refractivity contribution in [1.29, 1.82) is 0 Å². The molecule has 0 radical (unpaired) electrons. The third kappa shape index (κ3) is 17.7. The van der Waals surface area contributed by atoms with Crippen LogP contribution in [0.5, 0.6) is 0 Å². The fourth-order valence-electron chi connectivity index (χ4n) is 2.13. The molecular weight excluding hydrogens is 348 g/mol. The Morgan fingerprint density at radius 2 is 1.24 bits per heavy atom. The topological polar surface area (TPSA) is 0 Å². The average Bonchev–Trinajstić information content (AvgIpc) is 2.71. The molecule has 0 aliphatic rings. The highest BCUT2D eigenvalue weighted by Crippen LogP contribution is 2.17. The highest BCUT2D eigenvalue weighted by molar-refractivity contribution is 5.55. The molecule has 0 nitrogen and oxygen atoms in total. The predicted octanol–water partition coefficient (Wildman–Crippen LogP) is 9.78. The summed E-state index contributed by atoms with van der Waals surface area (Å²) in [7, 11) is 0. The number of aryl methyl sites for hydroxylation is 2. The molecule has 0 aromatic heterocycles. The number of rotatable bonds is 4. The van der Waals surface area contributed by atoms with Crippen LogP contribution in [0.25, 0.3) is 12.2 Å². The van der Waals surface area contributed by atoms with Crippen molar-refractivity contribution >= 4 is 12.2 Å². The molecule has 0 bridgehead atoms. The molecule has 0 aliphatic heterocycles. The molecule has 0 amide bonds. The highest BCUT2D eigenvalue weighted by atomic mass is 14.1. The molecule has 0 unspecified atom stereocenters. The van der Waals surface area contributed by atoms with Gasteiger partial charge in [0.15, 0.2) is 0 Å². The normalized spacial score (nSPS) is 9.97. The zero-order valence-corrected chi connectivity index (χ0v) is 20.7. The first-order valence-corrected chi connectivity index (χ1v) is 11.2. The molecular formula is C29H46. The second-order valence-electron chi connectivity index (χ2n) is 8.01. The van der Waals surface area contributed by atoms with Gasteiger partial charge >= 0.3 is 0 Å². The maximum Gasteiger partial charge on any atom is -0.0200 e. The zero-order valence-electron chi connectivity index (χ0n) is 20.7. The molecule has 29 heavy (non-hydrogen) atoms. The average molecular weight is 395 g/mol. The first-order valence-electron chi connectivity index (χ1n) is 11.2. The summed E-state index contributed by atoms with van der Waals surface area (Å²) >= 11 is 0. The van der Waals surface area contributed by atoms with Gasteiger partial charge < -0.3 is 0 Å². The lowest BCUT2D eigenvalue weighted by molar-refractivity contribution is 0.547. The van der Waals surface area contributed by atoms with Crippen molar-refractivity contribution in [2.75, 3.05) is 0 Å². The minimum absolute atomic E-state index is 0.247. The molecule has 2 aromatic rings. The van der Waals surface area contributed by atoms with E-state index < -0.39 is 0 Å². The molecule has 0 heterocycles. The van der Waals surface area contributed by atoms with Crippen molar-refractivity contribution in [2.24, 2.45) is 5.41 Å². The van der Waals surface area contributed by atoms with Crippen molar-refractivity contribution in [3.8, 4) is 0 Å². The fourth-order valence-corrected chi connectivity index (χ4v) is 2.13. The molecule has 0 atom stereocenters. The monoisotopic (exact) mass is 394 g/mol. The molecule has 0 fully saturated rings. The standard InChI is InChI=1S/C14H18.C10H14.C3H8.C2H6/c1-5-12-6-8-13(9-7-12)10-11-14(2,3)4;1-3-4-10-7-5-9(2)6-8-10;1-3-2;1-2/h5-11H,1H2,2-4H3;5-8H,3-4H2,1-2H3;3H2,1-2H3;1-2H3/b11-10+;;;. The second kappa shape index (κ2) is 18.0. The van der Waals surface area contributed by atoms with Crippen LogP contribution in [0.3, 0.4) is 0 Å². The van der Waals surface area contributed by atoms with Crippen LogP contribution in [0.2, 0.25) is 0 Å². The van der Waals surface area contributed by atoms with E-state index in [1.807, 2.05) is 19.9 Å². The van der Waals surface area contributed by atoms with Gasteiger partial charge in [-0.1, -0.05) is 147 Å². The van der Waals surface area contributed by atoms with Gasteiger partial charge in [-0.3, -0.25) is 0 Å². The molecule has 0 aliphatic carbocycles. The summed E-state index contributed by atoms with van der Waals surface area (Å²) in [6, 6.07) is 17.1. The van der Waals surface area contributed by atoms with Gasteiger partial charge in [0, 0.05) is 0 Å². The summed E-state index contributed by atoms with van der Waals surface area (Å²) in [6.45, 7) is 22.9. The van der Waals surface area contributed by atoms with Gasteiger partial charge in [-0.2, -0.15) is 0 Å². The van der Waals surface area contributed by atoms with Crippen LogP contribution in [0, 0.1) is 12.3 Å². The van der Waals surface area contributed by atoms with Crippen LogP contribution < -0.4 is 0 Å². The summed E-state index contributed by atoms with van der Waals surface area (Å²) in [5.74, 6) is 0.